The number of ether oxygens (including phenoxy) is 1. The van der Waals surface area contributed by atoms with E-state index in [-0.39, 0.29) is 11.6 Å². The van der Waals surface area contributed by atoms with E-state index in [1.165, 1.54) is 0 Å². The predicted octanol–water partition coefficient (Wildman–Crippen LogP) is 1.17. The molecule has 0 bridgehead atoms. The zero-order valence-electron chi connectivity index (χ0n) is 13.0. The first-order chi connectivity index (χ1) is 9.42. The van der Waals surface area contributed by atoms with Gasteiger partial charge in [0.2, 0.25) is 0 Å². The number of nitrogens with zero attached hydrogens (tertiary/aromatic N) is 3. The van der Waals surface area contributed by atoms with E-state index in [2.05, 4.69) is 29.4 Å². The van der Waals surface area contributed by atoms with Crippen molar-refractivity contribution in [2.24, 2.45) is 18.3 Å². The molecule has 114 valence electrons. The molecule has 1 heterocycles. The van der Waals surface area contributed by atoms with Crippen LogP contribution >= 0.6 is 0 Å². The molecule has 1 unspecified atom stereocenters. The van der Waals surface area contributed by atoms with Gasteiger partial charge in [0.15, 0.2) is 0 Å². The number of methoxy groups -OCH3 is 1. The number of hydrogen-bond donors (Lipinski definition) is 2. The summed E-state index contributed by atoms with van der Waals surface area (Å²) in [7, 11) is 3.69. The minimum atomic E-state index is -0.212. The maximum atomic E-state index is 5.91. The first-order valence-corrected chi connectivity index (χ1v) is 7.27. The zero-order chi connectivity index (χ0) is 14.8. The number of aryl methyl sites for hydroxylation is 1. The van der Waals surface area contributed by atoms with Crippen LogP contribution in [0.3, 0.4) is 0 Å². The normalized spacial score (nSPS) is 22.6. The lowest BCUT2D eigenvalue weighted by atomic mass is 9.68. The summed E-state index contributed by atoms with van der Waals surface area (Å²) in [6.45, 7) is 4.64. The molecular formula is C14H27N5O. The Balaban J connectivity index is 2.14. The summed E-state index contributed by atoms with van der Waals surface area (Å²) >= 11 is 0. The third-order valence-electron chi connectivity index (χ3n) is 4.88. The minimum Gasteiger partial charge on any atom is -0.377 e. The van der Waals surface area contributed by atoms with Crippen molar-refractivity contribution < 1.29 is 4.74 Å². The number of nitrogens with two attached hydrogens (primary N) is 1. The van der Waals surface area contributed by atoms with Crippen LogP contribution in [-0.4, -0.2) is 33.5 Å². The van der Waals surface area contributed by atoms with Crippen LogP contribution in [0.15, 0.2) is 6.33 Å². The Labute approximate surface area is 121 Å². The fraction of sp³-hybridized carbons (Fsp3) is 0.857. The summed E-state index contributed by atoms with van der Waals surface area (Å²) in [5.74, 6) is 6.74. The summed E-state index contributed by atoms with van der Waals surface area (Å²) in [6.07, 6.45) is 6.63. The lowest BCUT2D eigenvalue weighted by Crippen LogP contribution is -2.58. The van der Waals surface area contributed by atoms with Crippen LogP contribution in [0.25, 0.3) is 0 Å². The largest absolute Gasteiger partial charge is 0.377 e. The standard InChI is InChI=1S/C14H27N5O/c1-13(2)5-7-14(20-4,8-6-13)11(18-15)9-12-16-10-17-19(12)3/h10-11,18H,5-9,15H2,1-4H3. The molecule has 0 saturated heterocycles. The van der Waals surface area contributed by atoms with E-state index in [1.54, 1.807) is 18.1 Å². The van der Waals surface area contributed by atoms with Crippen LogP contribution in [0.5, 0.6) is 0 Å². The molecule has 0 aliphatic heterocycles. The fourth-order valence-corrected chi connectivity index (χ4v) is 3.13. The van der Waals surface area contributed by atoms with Crippen LogP contribution in [0.4, 0.5) is 0 Å². The molecule has 1 aromatic heterocycles. The Kier molecular flexibility index (Phi) is 4.46. The van der Waals surface area contributed by atoms with E-state index in [9.17, 15) is 0 Å². The van der Waals surface area contributed by atoms with Gasteiger partial charge in [-0.3, -0.25) is 16.0 Å². The van der Waals surface area contributed by atoms with Gasteiger partial charge in [-0.25, -0.2) is 4.98 Å². The van der Waals surface area contributed by atoms with E-state index < -0.39 is 0 Å². The molecule has 6 heteroatoms. The Bertz CT molecular complexity index is 433. The molecule has 1 aliphatic rings. The van der Waals surface area contributed by atoms with Gasteiger partial charge in [-0.05, 0) is 31.1 Å². The molecule has 0 aromatic carbocycles. The van der Waals surface area contributed by atoms with E-state index in [0.29, 0.717) is 5.41 Å². The molecule has 0 spiro atoms. The van der Waals surface area contributed by atoms with Crippen LogP contribution in [0.2, 0.25) is 0 Å². The molecule has 0 amide bonds. The number of hydrogen-bond acceptors (Lipinski definition) is 5. The van der Waals surface area contributed by atoms with Gasteiger partial charge in [0, 0.05) is 20.6 Å². The number of rotatable bonds is 5. The highest BCUT2D eigenvalue weighted by molar-refractivity contribution is 5.02. The highest BCUT2D eigenvalue weighted by Crippen LogP contribution is 2.43. The molecule has 20 heavy (non-hydrogen) atoms. The summed E-state index contributed by atoms with van der Waals surface area (Å²) in [5.41, 5.74) is 3.13. The van der Waals surface area contributed by atoms with Crippen molar-refractivity contribution in [1.29, 1.82) is 0 Å². The molecule has 3 N–H and O–H groups in total. The smallest absolute Gasteiger partial charge is 0.138 e. The molecule has 1 atom stereocenters. The van der Waals surface area contributed by atoms with Crippen molar-refractivity contribution in [2.45, 2.75) is 57.6 Å². The van der Waals surface area contributed by atoms with Gasteiger partial charge >= 0.3 is 0 Å². The quantitative estimate of drug-likeness (QED) is 0.626. The Morgan fingerprint density at radius 1 is 1.40 bits per heavy atom. The Hall–Kier alpha value is -0.980. The summed E-state index contributed by atoms with van der Waals surface area (Å²) in [4.78, 5) is 4.29. The van der Waals surface area contributed by atoms with Gasteiger partial charge in [-0.2, -0.15) is 5.10 Å². The highest BCUT2D eigenvalue weighted by Gasteiger charge is 2.44. The van der Waals surface area contributed by atoms with Crippen LogP contribution < -0.4 is 11.3 Å². The topological polar surface area (TPSA) is 78.0 Å². The van der Waals surface area contributed by atoms with Gasteiger partial charge in [0.25, 0.3) is 0 Å². The average Bonchev–Trinajstić information content (AvgIpc) is 2.83. The van der Waals surface area contributed by atoms with Crippen molar-refractivity contribution in [1.82, 2.24) is 20.2 Å². The van der Waals surface area contributed by atoms with Gasteiger partial charge in [-0.1, -0.05) is 13.8 Å². The fourth-order valence-electron chi connectivity index (χ4n) is 3.13. The first-order valence-electron chi connectivity index (χ1n) is 7.27. The third-order valence-corrected chi connectivity index (χ3v) is 4.88. The maximum Gasteiger partial charge on any atom is 0.138 e. The molecule has 1 aliphatic carbocycles. The molecule has 1 fully saturated rings. The van der Waals surface area contributed by atoms with Crippen LogP contribution in [0, 0.1) is 5.41 Å². The van der Waals surface area contributed by atoms with Gasteiger partial charge < -0.3 is 4.74 Å². The SMILES string of the molecule is COC1(C(Cc2ncnn2C)NN)CCC(C)(C)CC1. The number of hydrazine groups is 1. The Morgan fingerprint density at radius 3 is 2.50 bits per heavy atom. The third kappa shape index (κ3) is 3.02. The predicted molar refractivity (Wildman–Crippen MR) is 77.8 cm³/mol. The highest BCUT2D eigenvalue weighted by atomic mass is 16.5. The van der Waals surface area contributed by atoms with Crippen LogP contribution in [-0.2, 0) is 18.2 Å². The van der Waals surface area contributed by atoms with Crippen molar-refractivity contribution in [2.75, 3.05) is 7.11 Å². The second-order valence-corrected chi connectivity index (χ2v) is 6.66. The molecule has 2 rings (SSSR count). The summed E-state index contributed by atoms with van der Waals surface area (Å²) in [5, 5.41) is 4.12. The summed E-state index contributed by atoms with van der Waals surface area (Å²) in [6, 6.07) is 0.0477. The maximum absolute atomic E-state index is 5.91. The molecule has 0 radical (unpaired) electrons. The molecule has 1 aromatic rings. The lowest BCUT2D eigenvalue weighted by molar-refractivity contribution is -0.0866. The molecule has 1 saturated carbocycles. The minimum absolute atomic E-state index is 0.0477. The van der Waals surface area contributed by atoms with E-state index in [1.807, 2.05) is 7.05 Å². The van der Waals surface area contributed by atoms with Crippen molar-refractivity contribution in [3.05, 3.63) is 12.2 Å². The van der Waals surface area contributed by atoms with E-state index in [0.717, 1.165) is 37.9 Å². The van der Waals surface area contributed by atoms with Crippen molar-refractivity contribution in [3.63, 3.8) is 0 Å². The number of nitrogens with one attached hydrogen (secondary N) is 1. The van der Waals surface area contributed by atoms with Gasteiger partial charge in [0.05, 0.1) is 11.6 Å². The number of aromatic nitrogens is 3. The van der Waals surface area contributed by atoms with E-state index >= 15 is 0 Å². The zero-order valence-corrected chi connectivity index (χ0v) is 13.0. The second-order valence-electron chi connectivity index (χ2n) is 6.66. The van der Waals surface area contributed by atoms with E-state index in [4.69, 9.17) is 10.6 Å². The molecular weight excluding hydrogens is 254 g/mol. The van der Waals surface area contributed by atoms with Crippen LogP contribution in [0.1, 0.15) is 45.4 Å². The van der Waals surface area contributed by atoms with Crippen molar-refractivity contribution in [3.8, 4) is 0 Å². The van der Waals surface area contributed by atoms with Crippen molar-refractivity contribution >= 4 is 0 Å². The Morgan fingerprint density at radius 2 is 2.05 bits per heavy atom. The van der Waals surface area contributed by atoms with Gasteiger partial charge in [-0.15, -0.1) is 0 Å². The molecule has 6 nitrogen and oxygen atoms in total. The lowest BCUT2D eigenvalue weighted by Gasteiger charge is -2.46. The average molecular weight is 281 g/mol. The second kappa shape index (κ2) is 5.79. The first kappa shape index (κ1) is 15.4. The monoisotopic (exact) mass is 281 g/mol. The summed E-state index contributed by atoms with van der Waals surface area (Å²) < 4.78 is 7.71. The van der Waals surface area contributed by atoms with Gasteiger partial charge in [0.1, 0.15) is 12.2 Å².